The second kappa shape index (κ2) is 12.4. The second-order valence-electron chi connectivity index (χ2n) is 8.77. The number of aryl methyl sites for hydroxylation is 1. The molecule has 40 heavy (non-hydrogen) atoms. The third-order valence-electron chi connectivity index (χ3n) is 6.04. The topological polar surface area (TPSA) is 136 Å². The number of halogens is 1. The third-order valence-corrected chi connectivity index (χ3v) is 7.16. The SMILES string of the molecule is CCNC(=O)C[C@@H]1N=C(c2ccc(Cl)cc2)c2cc(OC)ccc2-n2c(C)nnc21.O=S(=O)(O)c1ccccc1. The van der Waals surface area contributed by atoms with E-state index in [9.17, 15) is 13.2 Å². The molecule has 2 N–H and O–H groups in total. The number of fused-ring (bicyclic) bond motifs is 3. The summed E-state index contributed by atoms with van der Waals surface area (Å²) in [6, 6.07) is 20.2. The van der Waals surface area contributed by atoms with Gasteiger partial charge >= 0.3 is 0 Å². The molecule has 2 heterocycles. The van der Waals surface area contributed by atoms with Gasteiger partial charge in [0.05, 0.1) is 29.8 Å². The number of carbonyl (C=O) groups is 1. The molecule has 10 nitrogen and oxygen atoms in total. The maximum absolute atomic E-state index is 12.4. The maximum Gasteiger partial charge on any atom is 0.294 e. The molecular weight excluding hydrogens is 554 g/mol. The fourth-order valence-electron chi connectivity index (χ4n) is 4.21. The number of methoxy groups -OCH3 is 1. The number of ether oxygens (including phenoxy) is 1. The number of carbonyl (C=O) groups excluding carboxylic acids is 1. The van der Waals surface area contributed by atoms with Gasteiger partial charge in [-0.15, -0.1) is 10.2 Å². The highest BCUT2D eigenvalue weighted by Crippen LogP contribution is 2.34. The molecule has 1 aliphatic rings. The summed E-state index contributed by atoms with van der Waals surface area (Å²) in [5.74, 6) is 1.99. The quantitative estimate of drug-likeness (QED) is 0.318. The largest absolute Gasteiger partial charge is 0.497 e. The summed E-state index contributed by atoms with van der Waals surface area (Å²) in [5, 5.41) is 12.1. The molecule has 0 unspecified atom stereocenters. The van der Waals surface area contributed by atoms with Gasteiger partial charge in [-0.3, -0.25) is 18.9 Å². The van der Waals surface area contributed by atoms with Crippen LogP contribution in [0.3, 0.4) is 0 Å². The van der Waals surface area contributed by atoms with E-state index in [1.165, 1.54) is 12.1 Å². The van der Waals surface area contributed by atoms with E-state index in [1.807, 2.05) is 60.9 Å². The van der Waals surface area contributed by atoms with Crippen molar-refractivity contribution < 1.29 is 22.5 Å². The van der Waals surface area contributed by atoms with Crippen molar-refractivity contribution in [2.75, 3.05) is 13.7 Å². The first-order valence-electron chi connectivity index (χ1n) is 12.4. The Morgan fingerprint density at radius 2 is 1.77 bits per heavy atom. The van der Waals surface area contributed by atoms with Crippen LogP contribution < -0.4 is 10.1 Å². The number of amides is 1. The lowest BCUT2D eigenvalue weighted by atomic mass is 10.00. The van der Waals surface area contributed by atoms with E-state index in [0.29, 0.717) is 23.1 Å². The summed E-state index contributed by atoms with van der Waals surface area (Å²) in [6.07, 6.45) is 0.175. The molecule has 1 aliphatic heterocycles. The summed E-state index contributed by atoms with van der Waals surface area (Å²) in [4.78, 5) is 17.4. The molecule has 0 radical (unpaired) electrons. The van der Waals surface area contributed by atoms with E-state index in [1.54, 1.807) is 25.3 Å². The van der Waals surface area contributed by atoms with E-state index in [2.05, 4.69) is 15.5 Å². The summed E-state index contributed by atoms with van der Waals surface area (Å²) in [7, 11) is -2.37. The van der Waals surface area contributed by atoms with Crippen LogP contribution in [0.4, 0.5) is 0 Å². The van der Waals surface area contributed by atoms with Gasteiger partial charge < -0.3 is 10.1 Å². The smallest absolute Gasteiger partial charge is 0.294 e. The van der Waals surface area contributed by atoms with Gasteiger partial charge in [0.1, 0.15) is 17.6 Å². The van der Waals surface area contributed by atoms with Gasteiger partial charge in [-0.2, -0.15) is 8.42 Å². The molecule has 208 valence electrons. The maximum atomic E-state index is 12.4. The van der Waals surface area contributed by atoms with E-state index >= 15 is 0 Å². The van der Waals surface area contributed by atoms with Crippen LogP contribution in [0.2, 0.25) is 5.02 Å². The Morgan fingerprint density at radius 3 is 2.38 bits per heavy atom. The summed E-state index contributed by atoms with van der Waals surface area (Å²) in [6.45, 7) is 4.34. The van der Waals surface area contributed by atoms with Crippen molar-refractivity contribution in [3.63, 3.8) is 0 Å². The number of rotatable bonds is 6. The van der Waals surface area contributed by atoms with Crippen LogP contribution in [0.15, 0.2) is 82.7 Å². The van der Waals surface area contributed by atoms with Gasteiger partial charge in [0.2, 0.25) is 5.91 Å². The Labute approximate surface area is 237 Å². The lowest BCUT2D eigenvalue weighted by Gasteiger charge is -2.14. The Balaban J connectivity index is 0.000000312. The minimum Gasteiger partial charge on any atom is -0.497 e. The highest BCUT2D eigenvalue weighted by Gasteiger charge is 2.29. The normalized spacial score (nSPS) is 14.0. The predicted octanol–water partition coefficient (Wildman–Crippen LogP) is 4.59. The number of hydrogen-bond acceptors (Lipinski definition) is 7. The van der Waals surface area contributed by atoms with Crippen LogP contribution in [0, 0.1) is 6.92 Å². The Bertz CT molecular complexity index is 1640. The Kier molecular flexibility index (Phi) is 8.98. The fraction of sp³-hybridized carbons (Fsp3) is 0.214. The zero-order valence-electron chi connectivity index (χ0n) is 22.1. The highest BCUT2D eigenvalue weighted by molar-refractivity contribution is 7.85. The molecule has 0 spiro atoms. The van der Waals surface area contributed by atoms with Crippen molar-refractivity contribution in [1.82, 2.24) is 20.1 Å². The number of benzene rings is 3. The van der Waals surface area contributed by atoms with Crippen LogP contribution in [0.25, 0.3) is 5.69 Å². The number of aromatic nitrogens is 3. The Hall–Kier alpha value is -4.06. The molecular formula is C28H28ClN5O5S. The molecule has 0 saturated carbocycles. The molecule has 0 saturated heterocycles. The van der Waals surface area contributed by atoms with Crippen molar-refractivity contribution in [2.24, 2.45) is 4.99 Å². The first-order valence-corrected chi connectivity index (χ1v) is 14.2. The molecule has 3 aromatic carbocycles. The lowest BCUT2D eigenvalue weighted by Crippen LogP contribution is -2.25. The third kappa shape index (κ3) is 6.56. The molecule has 4 aromatic rings. The van der Waals surface area contributed by atoms with Crippen LogP contribution in [-0.2, 0) is 14.9 Å². The standard InChI is InChI=1S/C22H22ClN5O2.C6H6O3S/c1-4-24-20(29)12-18-22-27-26-13(2)28(22)19-10-9-16(30-3)11-17(19)21(25-18)14-5-7-15(23)8-6-14;7-10(8,9)6-4-2-1-3-5-6/h5-11,18H,4,12H2,1-3H3,(H,24,29);1-5H,(H,7,8,9)/t18-;/m0./s1. The van der Waals surface area contributed by atoms with Crippen LogP contribution >= 0.6 is 11.6 Å². The average molecular weight is 582 g/mol. The monoisotopic (exact) mass is 581 g/mol. The molecule has 12 heteroatoms. The van der Waals surface area contributed by atoms with E-state index in [4.69, 9.17) is 25.9 Å². The molecule has 0 aliphatic carbocycles. The molecule has 1 amide bonds. The van der Waals surface area contributed by atoms with Gasteiger partial charge in [-0.1, -0.05) is 41.9 Å². The van der Waals surface area contributed by atoms with E-state index in [0.717, 1.165) is 28.4 Å². The van der Waals surface area contributed by atoms with Gasteiger partial charge in [-0.25, -0.2) is 0 Å². The first-order chi connectivity index (χ1) is 19.1. The molecule has 0 bridgehead atoms. The van der Waals surface area contributed by atoms with Gasteiger partial charge in [0.25, 0.3) is 10.1 Å². The van der Waals surface area contributed by atoms with Crippen molar-refractivity contribution in [3.05, 3.63) is 101 Å². The number of nitrogens with one attached hydrogen (secondary N) is 1. The van der Waals surface area contributed by atoms with Crippen molar-refractivity contribution in [2.45, 2.75) is 31.2 Å². The lowest BCUT2D eigenvalue weighted by molar-refractivity contribution is -0.121. The predicted molar refractivity (Wildman–Crippen MR) is 152 cm³/mol. The zero-order chi connectivity index (χ0) is 28.9. The number of hydrogen-bond donors (Lipinski definition) is 2. The molecule has 1 atom stereocenters. The van der Waals surface area contributed by atoms with Gasteiger partial charge in [0.15, 0.2) is 5.82 Å². The summed E-state index contributed by atoms with van der Waals surface area (Å²) < 4.78 is 36.7. The van der Waals surface area contributed by atoms with Gasteiger partial charge in [0, 0.05) is 22.7 Å². The Morgan fingerprint density at radius 1 is 1.07 bits per heavy atom. The molecule has 1 aromatic heterocycles. The number of nitrogens with zero attached hydrogens (tertiary/aromatic N) is 4. The first kappa shape index (κ1) is 28.9. The van der Waals surface area contributed by atoms with Gasteiger partial charge in [-0.05, 0) is 56.3 Å². The average Bonchev–Trinajstić information content (AvgIpc) is 3.26. The zero-order valence-corrected chi connectivity index (χ0v) is 23.6. The molecule has 5 rings (SSSR count). The summed E-state index contributed by atoms with van der Waals surface area (Å²) in [5.41, 5.74) is 3.41. The number of aliphatic imine (C=N–C) groups is 1. The highest BCUT2D eigenvalue weighted by atomic mass is 35.5. The van der Waals surface area contributed by atoms with Crippen molar-refractivity contribution >= 4 is 33.3 Å². The van der Waals surface area contributed by atoms with Crippen molar-refractivity contribution in [1.29, 1.82) is 0 Å². The van der Waals surface area contributed by atoms with Crippen LogP contribution in [0.5, 0.6) is 5.75 Å². The van der Waals surface area contributed by atoms with Crippen LogP contribution in [-0.4, -0.2) is 53.0 Å². The van der Waals surface area contributed by atoms with Crippen molar-refractivity contribution in [3.8, 4) is 11.4 Å². The minimum absolute atomic E-state index is 0.0741. The minimum atomic E-state index is -4.00. The fourth-order valence-corrected chi connectivity index (χ4v) is 4.84. The van der Waals surface area contributed by atoms with E-state index < -0.39 is 16.2 Å². The second-order valence-corrected chi connectivity index (χ2v) is 10.6. The summed E-state index contributed by atoms with van der Waals surface area (Å²) >= 11 is 6.10. The molecule has 0 fully saturated rings. The van der Waals surface area contributed by atoms with E-state index in [-0.39, 0.29) is 17.2 Å². The van der Waals surface area contributed by atoms with Crippen LogP contribution in [0.1, 0.15) is 42.2 Å².